The summed E-state index contributed by atoms with van der Waals surface area (Å²) in [6.07, 6.45) is 2.47. The zero-order valence-electron chi connectivity index (χ0n) is 11.9. The minimum absolute atomic E-state index is 0.0595. The van der Waals surface area contributed by atoms with Gasteiger partial charge in [-0.3, -0.25) is 4.79 Å². The fraction of sp³-hybridized carbons (Fsp3) is 0.333. The van der Waals surface area contributed by atoms with Crippen LogP contribution in [0.15, 0.2) is 34.2 Å². The van der Waals surface area contributed by atoms with Gasteiger partial charge in [-0.15, -0.1) is 0 Å². The molecule has 0 radical (unpaired) electrons. The van der Waals surface area contributed by atoms with Gasteiger partial charge < -0.3 is 9.72 Å². The van der Waals surface area contributed by atoms with Crippen molar-refractivity contribution in [2.24, 2.45) is 0 Å². The number of aromatic nitrogens is 2. The summed E-state index contributed by atoms with van der Waals surface area (Å²) in [7, 11) is 0. The molecule has 1 aromatic carbocycles. The van der Waals surface area contributed by atoms with Crippen molar-refractivity contribution in [3.05, 3.63) is 51.4 Å². The van der Waals surface area contributed by atoms with Gasteiger partial charge in [0.2, 0.25) is 0 Å². The molecule has 0 bridgehead atoms. The summed E-state index contributed by atoms with van der Waals surface area (Å²) in [5.74, 6) is 0.845. The molecule has 1 aromatic heterocycles. The maximum Gasteiger partial charge on any atom is 0.255 e. The van der Waals surface area contributed by atoms with E-state index in [1.165, 1.54) is 11.8 Å². The molecule has 4 nitrogen and oxygen atoms in total. The van der Waals surface area contributed by atoms with E-state index in [0.717, 1.165) is 17.0 Å². The molecule has 0 amide bonds. The van der Waals surface area contributed by atoms with E-state index < -0.39 is 0 Å². The van der Waals surface area contributed by atoms with Gasteiger partial charge in [-0.25, -0.2) is 4.98 Å². The molecule has 1 N–H and O–H groups in total. The molecule has 0 aliphatic heterocycles. The standard InChI is InChI=1S/C15H18N2O2S/c1-4-19-12-7-5-11(6-8-12)9-13-10(2)16-15(20-3)17-14(13)18/h5-8H,4,9H2,1-3H3,(H,16,17,18). The molecule has 1 heterocycles. The Bertz CT molecular complexity index is 635. The molecular formula is C15H18N2O2S. The van der Waals surface area contributed by atoms with Crippen molar-refractivity contribution in [1.29, 1.82) is 0 Å². The Balaban J connectivity index is 2.23. The van der Waals surface area contributed by atoms with Crippen LogP contribution in [0, 0.1) is 6.92 Å². The van der Waals surface area contributed by atoms with Gasteiger partial charge in [0, 0.05) is 17.7 Å². The summed E-state index contributed by atoms with van der Waals surface area (Å²) in [5, 5.41) is 0.656. The molecule has 0 saturated heterocycles. The Morgan fingerprint density at radius 1 is 1.30 bits per heavy atom. The SMILES string of the molecule is CCOc1ccc(Cc2c(C)nc(SC)[nH]c2=O)cc1. The zero-order valence-corrected chi connectivity index (χ0v) is 12.7. The molecule has 0 spiro atoms. The van der Waals surface area contributed by atoms with E-state index in [4.69, 9.17) is 4.74 Å². The van der Waals surface area contributed by atoms with Gasteiger partial charge in [0.25, 0.3) is 5.56 Å². The van der Waals surface area contributed by atoms with Crippen molar-refractivity contribution in [3.8, 4) is 5.75 Å². The van der Waals surface area contributed by atoms with Gasteiger partial charge in [-0.05, 0) is 37.8 Å². The Morgan fingerprint density at radius 2 is 2.00 bits per heavy atom. The summed E-state index contributed by atoms with van der Waals surface area (Å²) >= 11 is 1.44. The maximum absolute atomic E-state index is 12.1. The zero-order chi connectivity index (χ0) is 14.5. The lowest BCUT2D eigenvalue weighted by Crippen LogP contribution is -2.17. The predicted octanol–water partition coefficient (Wildman–Crippen LogP) is 2.79. The van der Waals surface area contributed by atoms with Crippen molar-refractivity contribution in [2.45, 2.75) is 25.4 Å². The van der Waals surface area contributed by atoms with Crippen molar-refractivity contribution in [1.82, 2.24) is 9.97 Å². The molecular weight excluding hydrogens is 272 g/mol. The number of rotatable bonds is 5. The van der Waals surface area contributed by atoms with E-state index >= 15 is 0 Å². The lowest BCUT2D eigenvalue weighted by Gasteiger charge is -2.07. The number of hydrogen-bond acceptors (Lipinski definition) is 4. The first-order valence-electron chi connectivity index (χ1n) is 6.49. The summed E-state index contributed by atoms with van der Waals surface area (Å²) in [6, 6.07) is 7.80. The molecule has 0 atom stereocenters. The number of nitrogens with one attached hydrogen (secondary N) is 1. The van der Waals surface area contributed by atoms with Crippen molar-refractivity contribution >= 4 is 11.8 Å². The number of benzene rings is 1. The molecule has 106 valence electrons. The van der Waals surface area contributed by atoms with Gasteiger partial charge in [0.05, 0.1) is 6.61 Å². The normalized spacial score (nSPS) is 10.6. The highest BCUT2D eigenvalue weighted by atomic mass is 32.2. The fourth-order valence-corrected chi connectivity index (χ4v) is 2.39. The molecule has 20 heavy (non-hydrogen) atoms. The van der Waals surface area contributed by atoms with Crippen LogP contribution < -0.4 is 10.3 Å². The third-order valence-electron chi connectivity index (χ3n) is 3.01. The number of hydrogen-bond donors (Lipinski definition) is 1. The van der Waals surface area contributed by atoms with Crippen LogP contribution in [0.1, 0.15) is 23.7 Å². The molecule has 5 heteroatoms. The highest BCUT2D eigenvalue weighted by Crippen LogP contribution is 2.16. The van der Waals surface area contributed by atoms with Crippen LogP contribution in [-0.2, 0) is 6.42 Å². The lowest BCUT2D eigenvalue weighted by molar-refractivity contribution is 0.340. The molecule has 0 aliphatic rings. The van der Waals surface area contributed by atoms with Gasteiger partial charge in [0.15, 0.2) is 5.16 Å². The number of aryl methyl sites for hydroxylation is 1. The Hall–Kier alpha value is -1.75. The molecule has 2 aromatic rings. The Morgan fingerprint density at radius 3 is 2.55 bits per heavy atom. The van der Waals surface area contributed by atoms with E-state index in [-0.39, 0.29) is 5.56 Å². The fourth-order valence-electron chi connectivity index (χ4n) is 1.96. The number of nitrogens with zero attached hydrogens (tertiary/aromatic N) is 1. The minimum atomic E-state index is -0.0595. The van der Waals surface area contributed by atoms with Gasteiger partial charge in [-0.1, -0.05) is 23.9 Å². The van der Waals surface area contributed by atoms with Crippen molar-refractivity contribution in [3.63, 3.8) is 0 Å². The van der Waals surface area contributed by atoms with Crippen LogP contribution in [-0.4, -0.2) is 22.8 Å². The van der Waals surface area contributed by atoms with E-state index in [1.54, 1.807) is 0 Å². The Labute approximate surface area is 122 Å². The average Bonchev–Trinajstić information content (AvgIpc) is 2.44. The van der Waals surface area contributed by atoms with Crippen LogP contribution in [0.5, 0.6) is 5.75 Å². The second-order valence-electron chi connectivity index (χ2n) is 4.39. The first-order valence-corrected chi connectivity index (χ1v) is 7.72. The maximum atomic E-state index is 12.1. The van der Waals surface area contributed by atoms with Crippen LogP contribution >= 0.6 is 11.8 Å². The van der Waals surface area contributed by atoms with E-state index in [2.05, 4.69) is 9.97 Å². The van der Waals surface area contributed by atoms with Crippen LogP contribution in [0.2, 0.25) is 0 Å². The smallest absolute Gasteiger partial charge is 0.255 e. The summed E-state index contributed by atoms with van der Waals surface area (Å²) in [4.78, 5) is 19.2. The summed E-state index contributed by atoms with van der Waals surface area (Å²) < 4.78 is 5.41. The van der Waals surface area contributed by atoms with Gasteiger partial charge in [-0.2, -0.15) is 0 Å². The topological polar surface area (TPSA) is 55.0 Å². The summed E-state index contributed by atoms with van der Waals surface area (Å²) in [6.45, 7) is 4.48. The first-order chi connectivity index (χ1) is 9.63. The Kier molecular flexibility index (Phi) is 4.84. The third-order valence-corrected chi connectivity index (χ3v) is 3.59. The molecule has 0 saturated carbocycles. The number of aromatic amines is 1. The van der Waals surface area contributed by atoms with Crippen molar-refractivity contribution < 1.29 is 4.74 Å². The van der Waals surface area contributed by atoms with E-state index in [9.17, 15) is 4.79 Å². The van der Waals surface area contributed by atoms with E-state index in [0.29, 0.717) is 23.7 Å². The first kappa shape index (κ1) is 14.7. The van der Waals surface area contributed by atoms with Crippen LogP contribution in [0.4, 0.5) is 0 Å². The molecule has 2 rings (SSSR count). The second-order valence-corrected chi connectivity index (χ2v) is 5.19. The number of ether oxygens (including phenoxy) is 1. The highest BCUT2D eigenvalue weighted by molar-refractivity contribution is 7.98. The largest absolute Gasteiger partial charge is 0.494 e. The predicted molar refractivity (Wildman–Crippen MR) is 81.8 cm³/mol. The minimum Gasteiger partial charge on any atom is -0.494 e. The number of thioether (sulfide) groups is 1. The van der Waals surface area contributed by atoms with E-state index in [1.807, 2.05) is 44.4 Å². The highest BCUT2D eigenvalue weighted by Gasteiger charge is 2.08. The molecule has 0 aliphatic carbocycles. The second kappa shape index (κ2) is 6.61. The van der Waals surface area contributed by atoms with Gasteiger partial charge >= 0.3 is 0 Å². The molecule has 0 unspecified atom stereocenters. The van der Waals surface area contributed by atoms with Crippen molar-refractivity contribution in [2.75, 3.05) is 12.9 Å². The van der Waals surface area contributed by atoms with Crippen LogP contribution in [0.25, 0.3) is 0 Å². The lowest BCUT2D eigenvalue weighted by atomic mass is 10.1. The average molecular weight is 290 g/mol. The molecule has 0 fully saturated rings. The van der Waals surface area contributed by atoms with Gasteiger partial charge in [0.1, 0.15) is 5.75 Å². The quantitative estimate of drug-likeness (QED) is 0.679. The van der Waals surface area contributed by atoms with Crippen LogP contribution in [0.3, 0.4) is 0 Å². The third kappa shape index (κ3) is 3.42. The number of H-pyrrole nitrogens is 1. The monoisotopic (exact) mass is 290 g/mol. The summed E-state index contributed by atoms with van der Waals surface area (Å²) in [5.41, 5.74) is 2.51.